The van der Waals surface area contributed by atoms with Gasteiger partial charge in [-0.3, -0.25) is 13.9 Å². The normalized spacial score (nSPS) is 12.2. The van der Waals surface area contributed by atoms with Crippen LogP contribution in [-0.4, -0.2) is 69.3 Å². The average molecular weight is 523 g/mol. The zero-order valence-electron chi connectivity index (χ0n) is 22.0. The Morgan fingerprint density at radius 3 is 2.46 bits per heavy atom. The van der Waals surface area contributed by atoms with E-state index in [4.69, 9.17) is 14.5 Å². The molecule has 2 aromatic heterocycles. The largest absolute Gasteiger partial charge is 0.497 e. The molecule has 0 aliphatic heterocycles. The first-order chi connectivity index (χ1) is 17.9. The van der Waals surface area contributed by atoms with Gasteiger partial charge in [0.25, 0.3) is 0 Å². The molecular formula is C27H34N6O3S. The third-order valence-corrected chi connectivity index (χ3v) is 6.67. The fourth-order valence-corrected chi connectivity index (χ4v) is 4.41. The van der Waals surface area contributed by atoms with Gasteiger partial charge in [0.15, 0.2) is 0 Å². The number of hydrogen-bond acceptors (Lipinski definition) is 8. The summed E-state index contributed by atoms with van der Waals surface area (Å²) in [6.07, 6.45) is 7.14. The van der Waals surface area contributed by atoms with Crippen molar-refractivity contribution in [2.75, 3.05) is 44.2 Å². The van der Waals surface area contributed by atoms with E-state index < -0.39 is 10.8 Å². The minimum atomic E-state index is -0.867. The Bertz CT molecular complexity index is 1350. The van der Waals surface area contributed by atoms with Crippen LogP contribution in [-0.2, 0) is 17.3 Å². The molecule has 4 rings (SSSR count). The monoisotopic (exact) mass is 522 g/mol. The standard InChI is InChI=1S/C27H34N6O3S/c1-19(2)28-8-9-33(22-12-23(35-3)15-24(13-22)36-4)21-6-7-25-26(14-21)31-27(17-29-25)20-16-30-32(18-20)10-11-37(5)34/h6-7,12-19,28H,8-11H2,1-5H3. The summed E-state index contributed by atoms with van der Waals surface area (Å²) in [5.74, 6) is 2.01. The Balaban J connectivity index is 1.69. The predicted molar refractivity (Wildman–Crippen MR) is 149 cm³/mol. The van der Waals surface area contributed by atoms with Gasteiger partial charge in [0.1, 0.15) is 11.5 Å². The number of aryl methyl sites for hydroxylation is 1. The topological polar surface area (TPSA) is 94.4 Å². The van der Waals surface area contributed by atoms with E-state index in [1.807, 2.05) is 30.5 Å². The first-order valence-electron chi connectivity index (χ1n) is 12.2. The lowest BCUT2D eigenvalue weighted by atomic mass is 10.2. The Labute approximate surface area is 220 Å². The van der Waals surface area contributed by atoms with E-state index in [-0.39, 0.29) is 0 Å². The van der Waals surface area contributed by atoms with Crippen molar-refractivity contribution >= 4 is 33.2 Å². The van der Waals surface area contributed by atoms with Gasteiger partial charge < -0.3 is 19.7 Å². The highest BCUT2D eigenvalue weighted by Gasteiger charge is 2.15. The summed E-state index contributed by atoms with van der Waals surface area (Å²) in [6.45, 7) is 6.39. The van der Waals surface area contributed by atoms with Crippen LogP contribution in [0.2, 0.25) is 0 Å². The van der Waals surface area contributed by atoms with Crippen LogP contribution < -0.4 is 19.7 Å². The van der Waals surface area contributed by atoms with Crippen molar-refractivity contribution < 1.29 is 13.7 Å². The number of benzene rings is 2. The second kappa shape index (κ2) is 12.2. The van der Waals surface area contributed by atoms with Crippen LogP contribution in [0.15, 0.2) is 55.0 Å². The molecule has 1 N–H and O–H groups in total. The van der Waals surface area contributed by atoms with Crippen molar-refractivity contribution in [3.05, 3.63) is 55.0 Å². The number of hydrogen-bond donors (Lipinski definition) is 1. The van der Waals surface area contributed by atoms with Gasteiger partial charge >= 0.3 is 0 Å². The van der Waals surface area contributed by atoms with Crippen LogP contribution in [0.25, 0.3) is 22.3 Å². The van der Waals surface area contributed by atoms with Gasteiger partial charge in [0.2, 0.25) is 0 Å². The summed E-state index contributed by atoms with van der Waals surface area (Å²) in [5, 5.41) is 7.89. The van der Waals surface area contributed by atoms with E-state index in [1.165, 1.54) is 0 Å². The van der Waals surface area contributed by atoms with Crippen LogP contribution in [0, 0.1) is 0 Å². The molecule has 2 aromatic carbocycles. The molecule has 1 atom stereocenters. The molecule has 0 bridgehead atoms. The number of anilines is 2. The summed E-state index contributed by atoms with van der Waals surface area (Å²) in [7, 11) is 2.44. The molecule has 10 heteroatoms. The minimum absolute atomic E-state index is 0.380. The number of ether oxygens (including phenoxy) is 2. The fourth-order valence-electron chi connectivity index (χ4n) is 3.97. The highest BCUT2D eigenvalue weighted by molar-refractivity contribution is 7.84. The third kappa shape index (κ3) is 6.84. The van der Waals surface area contributed by atoms with Crippen molar-refractivity contribution in [1.29, 1.82) is 0 Å². The lowest BCUT2D eigenvalue weighted by Gasteiger charge is -2.27. The number of nitrogens with zero attached hydrogens (tertiary/aromatic N) is 5. The molecule has 0 aliphatic carbocycles. The zero-order chi connectivity index (χ0) is 26.4. The summed E-state index contributed by atoms with van der Waals surface area (Å²) in [5.41, 5.74) is 5.15. The van der Waals surface area contributed by atoms with Crippen LogP contribution in [0.4, 0.5) is 11.4 Å². The van der Waals surface area contributed by atoms with E-state index in [0.29, 0.717) is 18.3 Å². The average Bonchev–Trinajstić information content (AvgIpc) is 3.38. The molecule has 0 saturated carbocycles. The molecule has 9 nitrogen and oxygen atoms in total. The zero-order valence-corrected chi connectivity index (χ0v) is 22.8. The van der Waals surface area contributed by atoms with Crippen molar-refractivity contribution in [3.63, 3.8) is 0 Å². The van der Waals surface area contributed by atoms with Crippen molar-refractivity contribution in [3.8, 4) is 22.8 Å². The highest BCUT2D eigenvalue weighted by atomic mass is 32.2. The molecule has 196 valence electrons. The first-order valence-corrected chi connectivity index (χ1v) is 13.9. The maximum atomic E-state index is 11.4. The van der Waals surface area contributed by atoms with Crippen LogP contribution in [0.1, 0.15) is 13.8 Å². The summed E-state index contributed by atoms with van der Waals surface area (Å²) >= 11 is 0. The Kier molecular flexibility index (Phi) is 8.73. The van der Waals surface area contributed by atoms with Gasteiger partial charge in [0.05, 0.1) is 49.9 Å². The van der Waals surface area contributed by atoms with Crippen molar-refractivity contribution in [2.24, 2.45) is 0 Å². The van der Waals surface area contributed by atoms with Crippen molar-refractivity contribution in [1.82, 2.24) is 25.1 Å². The second-order valence-electron chi connectivity index (χ2n) is 9.03. The van der Waals surface area contributed by atoms with E-state index >= 15 is 0 Å². The molecule has 0 aliphatic rings. The van der Waals surface area contributed by atoms with Crippen LogP contribution in [0.5, 0.6) is 11.5 Å². The third-order valence-electron chi connectivity index (χ3n) is 5.91. The number of rotatable bonds is 12. The maximum absolute atomic E-state index is 11.4. The molecule has 0 spiro atoms. The molecule has 2 heterocycles. The first kappa shape index (κ1) is 26.6. The van der Waals surface area contributed by atoms with Crippen LogP contribution >= 0.6 is 0 Å². The van der Waals surface area contributed by atoms with Gasteiger partial charge in [-0.05, 0) is 18.2 Å². The quantitative estimate of drug-likeness (QED) is 0.298. The SMILES string of the molecule is COc1cc(OC)cc(N(CCNC(C)C)c2ccc3ncc(-c4cnn(CCS(C)=O)c4)nc3c2)c1. The lowest BCUT2D eigenvalue weighted by Crippen LogP contribution is -2.32. The molecule has 4 aromatic rings. The van der Waals surface area contributed by atoms with Gasteiger partial charge in [-0.15, -0.1) is 0 Å². The molecular weight excluding hydrogens is 488 g/mol. The molecule has 0 fully saturated rings. The minimum Gasteiger partial charge on any atom is -0.497 e. The van der Waals surface area contributed by atoms with Gasteiger partial charge in [-0.2, -0.15) is 5.10 Å². The smallest absolute Gasteiger partial charge is 0.124 e. The van der Waals surface area contributed by atoms with Crippen LogP contribution in [0.3, 0.4) is 0 Å². The molecule has 0 saturated heterocycles. The summed E-state index contributed by atoms with van der Waals surface area (Å²) in [4.78, 5) is 11.8. The van der Waals surface area contributed by atoms with E-state index in [2.05, 4.69) is 46.3 Å². The molecule has 37 heavy (non-hydrogen) atoms. The summed E-state index contributed by atoms with van der Waals surface area (Å²) < 4.78 is 24.3. The lowest BCUT2D eigenvalue weighted by molar-refractivity contribution is 0.394. The van der Waals surface area contributed by atoms with Crippen molar-refractivity contribution in [2.45, 2.75) is 26.4 Å². The van der Waals surface area contributed by atoms with E-state index in [0.717, 1.165) is 58.3 Å². The molecule has 0 amide bonds. The van der Waals surface area contributed by atoms with Gasteiger partial charge in [0, 0.05) is 83.3 Å². The van der Waals surface area contributed by atoms with Gasteiger partial charge in [-0.25, -0.2) is 4.98 Å². The predicted octanol–water partition coefficient (Wildman–Crippen LogP) is 4.03. The number of fused-ring (bicyclic) bond motifs is 1. The highest BCUT2D eigenvalue weighted by Crippen LogP contribution is 2.34. The Morgan fingerprint density at radius 1 is 1.03 bits per heavy atom. The Hall–Kier alpha value is -3.50. The second-order valence-corrected chi connectivity index (χ2v) is 10.6. The summed E-state index contributed by atoms with van der Waals surface area (Å²) in [6, 6.07) is 12.3. The number of aromatic nitrogens is 4. The number of methoxy groups -OCH3 is 2. The fraction of sp³-hybridized carbons (Fsp3) is 0.370. The van der Waals surface area contributed by atoms with E-state index in [9.17, 15) is 4.21 Å². The van der Waals surface area contributed by atoms with E-state index in [1.54, 1.807) is 37.6 Å². The molecule has 1 unspecified atom stereocenters. The maximum Gasteiger partial charge on any atom is 0.124 e. The molecule has 0 radical (unpaired) electrons. The number of nitrogens with one attached hydrogen (secondary N) is 1. The van der Waals surface area contributed by atoms with Gasteiger partial charge in [-0.1, -0.05) is 13.8 Å². The Morgan fingerprint density at radius 2 is 1.78 bits per heavy atom.